The number of hydrogen-bond donors (Lipinski definition) is 0. The molecule has 1 aromatic carbocycles. The Morgan fingerprint density at radius 2 is 1.39 bits per heavy atom. The van der Waals surface area contributed by atoms with Crippen LogP contribution in [0.3, 0.4) is 0 Å². The number of rotatable bonds is 0. The summed E-state index contributed by atoms with van der Waals surface area (Å²) in [6.45, 7) is 2.06. The standard InChI is InChI=1S/C23H9BrN2O2S3/c1-8-4-12-15(29-8)6-14-20-19-10(22(27)26(12)14)3-2-9-11-5-16-13(7-17(24)30-16)25(11)23(28)21(31-20)18(9)19/h2-7H,1H3. The molecule has 0 N–H and O–H groups in total. The Balaban J connectivity index is 1.72. The molecule has 4 nitrogen and oxygen atoms in total. The predicted molar refractivity (Wildman–Crippen MR) is 137 cm³/mol. The van der Waals surface area contributed by atoms with Crippen LogP contribution in [0, 0.1) is 6.92 Å². The predicted octanol–water partition coefficient (Wildman–Crippen LogP) is 6.81. The fourth-order valence-electron chi connectivity index (χ4n) is 5.10. The van der Waals surface area contributed by atoms with Crippen molar-refractivity contribution < 1.29 is 0 Å². The molecule has 0 bridgehead atoms. The molecule has 0 amide bonds. The van der Waals surface area contributed by atoms with Gasteiger partial charge in [-0.25, -0.2) is 0 Å². The van der Waals surface area contributed by atoms with Crippen LogP contribution in [0.1, 0.15) is 4.88 Å². The smallest absolute Gasteiger partial charge is 0.273 e. The third-order valence-corrected chi connectivity index (χ3v) is 10.0. The third kappa shape index (κ3) is 1.84. The Hall–Kier alpha value is -2.52. The minimum absolute atomic E-state index is 0.00804. The van der Waals surface area contributed by atoms with Crippen molar-refractivity contribution in [3.8, 4) is 0 Å². The zero-order valence-electron chi connectivity index (χ0n) is 15.8. The quantitative estimate of drug-likeness (QED) is 0.206. The Morgan fingerprint density at radius 1 is 0.710 bits per heavy atom. The number of hydrogen-bond acceptors (Lipinski definition) is 5. The van der Waals surface area contributed by atoms with Crippen LogP contribution < -0.4 is 11.1 Å². The van der Waals surface area contributed by atoms with E-state index in [9.17, 15) is 9.59 Å². The van der Waals surface area contributed by atoms with Crippen LogP contribution in [0.2, 0.25) is 0 Å². The van der Waals surface area contributed by atoms with Gasteiger partial charge in [-0.2, -0.15) is 0 Å². The maximum absolute atomic E-state index is 13.7. The number of halogens is 1. The Bertz CT molecular complexity index is 2170. The fraction of sp³-hybridized carbons (Fsp3) is 0.0435. The molecule has 0 saturated heterocycles. The molecule has 31 heavy (non-hydrogen) atoms. The molecule has 8 aromatic rings. The van der Waals surface area contributed by atoms with Gasteiger partial charge in [-0.05, 0) is 53.2 Å². The first-order valence-corrected chi connectivity index (χ1v) is 12.9. The molecule has 0 fully saturated rings. The Kier molecular flexibility index (Phi) is 2.90. The zero-order valence-corrected chi connectivity index (χ0v) is 19.8. The van der Waals surface area contributed by atoms with Gasteiger partial charge in [0.25, 0.3) is 11.1 Å². The van der Waals surface area contributed by atoms with Gasteiger partial charge in [-0.15, -0.1) is 34.0 Å². The lowest BCUT2D eigenvalue weighted by Gasteiger charge is -2.06. The summed E-state index contributed by atoms with van der Waals surface area (Å²) in [6, 6.07) is 12.2. The van der Waals surface area contributed by atoms with Crippen molar-refractivity contribution >= 4 is 112 Å². The molecular weight excluding hydrogens is 512 g/mol. The number of aromatic nitrogens is 2. The highest BCUT2D eigenvalue weighted by Gasteiger charge is 2.24. The van der Waals surface area contributed by atoms with E-state index >= 15 is 0 Å². The molecule has 8 heteroatoms. The lowest BCUT2D eigenvalue weighted by atomic mass is 10.0. The van der Waals surface area contributed by atoms with Crippen molar-refractivity contribution in [3.63, 3.8) is 0 Å². The summed E-state index contributed by atoms with van der Waals surface area (Å²) < 4.78 is 8.59. The number of nitrogens with zero attached hydrogens (tertiary/aromatic N) is 2. The molecule has 0 atom stereocenters. The number of thiophene rings is 3. The summed E-state index contributed by atoms with van der Waals surface area (Å²) in [6.07, 6.45) is 0. The SMILES string of the molecule is Cc1cc2c(cc3c4sc5c(=O)n6c7cc(Br)sc7cc6c6ccc(c(=O)n23)c4c56)s1. The largest absolute Gasteiger partial charge is 0.274 e. The lowest BCUT2D eigenvalue weighted by Crippen LogP contribution is -2.13. The molecule has 7 heterocycles. The van der Waals surface area contributed by atoms with Gasteiger partial charge in [-0.3, -0.25) is 18.4 Å². The van der Waals surface area contributed by atoms with E-state index in [1.165, 1.54) is 16.2 Å². The molecule has 0 saturated carbocycles. The monoisotopic (exact) mass is 520 g/mol. The average molecular weight is 521 g/mol. The molecular formula is C23H9BrN2O2S3. The van der Waals surface area contributed by atoms with Crippen molar-refractivity contribution in [3.05, 3.63) is 65.8 Å². The van der Waals surface area contributed by atoms with Gasteiger partial charge in [0, 0.05) is 26.4 Å². The number of pyridine rings is 2. The molecule has 7 aromatic heterocycles. The van der Waals surface area contributed by atoms with E-state index in [-0.39, 0.29) is 11.1 Å². The first kappa shape index (κ1) is 17.1. The minimum atomic E-state index is -0.00970. The van der Waals surface area contributed by atoms with Gasteiger partial charge in [0.05, 0.1) is 40.0 Å². The van der Waals surface area contributed by atoms with Gasteiger partial charge in [0.2, 0.25) is 0 Å². The van der Waals surface area contributed by atoms with Crippen LogP contribution >= 0.6 is 49.9 Å². The van der Waals surface area contributed by atoms with Crippen LogP contribution in [0.15, 0.2) is 49.8 Å². The van der Waals surface area contributed by atoms with Gasteiger partial charge in [0.15, 0.2) is 0 Å². The maximum Gasteiger partial charge on any atom is 0.273 e. The van der Waals surface area contributed by atoms with Crippen LogP contribution in [0.4, 0.5) is 0 Å². The van der Waals surface area contributed by atoms with Crippen molar-refractivity contribution in [2.45, 2.75) is 6.92 Å². The van der Waals surface area contributed by atoms with Crippen LogP contribution in [-0.4, -0.2) is 8.80 Å². The molecule has 0 spiro atoms. The first-order valence-electron chi connectivity index (χ1n) is 9.63. The molecule has 8 rings (SSSR count). The second-order valence-corrected chi connectivity index (χ2v) is 12.7. The molecule has 0 unspecified atom stereocenters. The van der Waals surface area contributed by atoms with Gasteiger partial charge < -0.3 is 0 Å². The molecule has 0 radical (unpaired) electrons. The normalized spacial score (nSPS) is 13.1. The number of aryl methyl sites for hydroxylation is 1. The van der Waals surface area contributed by atoms with Crippen LogP contribution in [0.5, 0.6) is 0 Å². The van der Waals surface area contributed by atoms with E-state index in [4.69, 9.17) is 0 Å². The molecule has 148 valence electrons. The maximum atomic E-state index is 13.7. The van der Waals surface area contributed by atoms with Crippen molar-refractivity contribution in [1.29, 1.82) is 0 Å². The topological polar surface area (TPSA) is 43.0 Å². The summed E-state index contributed by atoms with van der Waals surface area (Å²) in [7, 11) is 0. The zero-order chi connectivity index (χ0) is 20.8. The summed E-state index contributed by atoms with van der Waals surface area (Å²) in [4.78, 5) is 28.4. The van der Waals surface area contributed by atoms with Crippen LogP contribution in [0.25, 0.3) is 62.4 Å². The summed E-state index contributed by atoms with van der Waals surface area (Å²) >= 11 is 8.38. The second-order valence-electron chi connectivity index (χ2n) is 7.92. The number of benzene rings is 1. The van der Waals surface area contributed by atoms with Gasteiger partial charge in [0.1, 0.15) is 4.70 Å². The van der Waals surface area contributed by atoms with Crippen molar-refractivity contribution in [2.24, 2.45) is 0 Å². The van der Waals surface area contributed by atoms with E-state index in [1.54, 1.807) is 22.7 Å². The van der Waals surface area contributed by atoms with Crippen LogP contribution in [-0.2, 0) is 0 Å². The van der Waals surface area contributed by atoms with E-state index in [1.807, 2.05) is 27.0 Å². The summed E-state index contributed by atoms with van der Waals surface area (Å²) in [5.41, 5.74) is 3.68. The van der Waals surface area contributed by atoms with E-state index in [0.717, 1.165) is 60.8 Å². The van der Waals surface area contributed by atoms with Crippen molar-refractivity contribution in [1.82, 2.24) is 8.80 Å². The summed E-state index contributed by atoms with van der Waals surface area (Å²) in [5, 5.41) is 3.57. The highest BCUT2D eigenvalue weighted by Crippen LogP contribution is 2.44. The van der Waals surface area contributed by atoms with E-state index < -0.39 is 0 Å². The van der Waals surface area contributed by atoms with Gasteiger partial charge in [-0.1, -0.05) is 6.07 Å². The van der Waals surface area contributed by atoms with E-state index in [2.05, 4.69) is 41.1 Å². The Morgan fingerprint density at radius 3 is 2.26 bits per heavy atom. The third-order valence-electron chi connectivity index (χ3n) is 6.28. The molecule has 0 aliphatic carbocycles. The van der Waals surface area contributed by atoms with Gasteiger partial charge >= 0.3 is 0 Å². The Labute approximate surface area is 193 Å². The fourth-order valence-corrected chi connectivity index (χ4v) is 8.86. The first-order chi connectivity index (χ1) is 15.0. The number of fused-ring (bicyclic) bond motifs is 8. The van der Waals surface area contributed by atoms with E-state index in [0.29, 0.717) is 5.39 Å². The average Bonchev–Trinajstić information content (AvgIpc) is 3.49. The second kappa shape index (κ2) is 5.27. The highest BCUT2D eigenvalue weighted by molar-refractivity contribution is 9.11. The molecule has 0 aliphatic heterocycles. The highest BCUT2D eigenvalue weighted by atomic mass is 79.9. The lowest BCUT2D eigenvalue weighted by molar-refractivity contribution is 1.21. The minimum Gasteiger partial charge on any atom is -0.274 e. The summed E-state index contributed by atoms with van der Waals surface area (Å²) in [5.74, 6) is 0. The van der Waals surface area contributed by atoms with Crippen molar-refractivity contribution in [2.75, 3.05) is 0 Å². The molecule has 0 aliphatic rings.